The van der Waals surface area contributed by atoms with E-state index in [2.05, 4.69) is 59.3 Å². The summed E-state index contributed by atoms with van der Waals surface area (Å²) in [6.07, 6.45) is 18.3. The Kier molecular flexibility index (Phi) is 15.0. The molecular weight excluding hydrogens is 420 g/mol. The van der Waals surface area contributed by atoms with Crippen molar-refractivity contribution in [3.8, 4) is 0 Å². The number of nitrogen functional groups attached to an aromatic ring is 2. The lowest BCUT2D eigenvalue weighted by Gasteiger charge is -2.18. The molecule has 1 heterocycles. The Balaban J connectivity index is 0.00000281. The van der Waals surface area contributed by atoms with Crippen LogP contribution in [0, 0.1) is 6.92 Å². The predicted molar refractivity (Wildman–Crippen MR) is 149 cm³/mol. The fourth-order valence-electron chi connectivity index (χ4n) is 3.98. The van der Waals surface area contributed by atoms with Gasteiger partial charge in [0.1, 0.15) is 11.5 Å². The molecule has 0 bridgehead atoms. The summed E-state index contributed by atoms with van der Waals surface area (Å²) in [5.41, 5.74) is 17.0. The van der Waals surface area contributed by atoms with E-state index in [9.17, 15) is 0 Å². The first-order valence-corrected chi connectivity index (χ1v) is 13.2. The molecule has 0 amide bonds. The van der Waals surface area contributed by atoms with Crippen molar-refractivity contribution in [2.75, 3.05) is 38.1 Å². The van der Waals surface area contributed by atoms with Crippen LogP contribution in [0.3, 0.4) is 0 Å². The zero-order chi connectivity index (χ0) is 25.3. The molecule has 0 fully saturated rings. The van der Waals surface area contributed by atoms with E-state index >= 15 is 0 Å². The zero-order valence-corrected chi connectivity index (χ0v) is 22.7. The van der Waals surface area contributed by atoms with Crippen molar-refractivity contribution in [3.05, 3.63) is 40.8 Å². The van der Waals surface area contributed by atoms with E-state index in [1.165, 1.54) is 57.9 Å². The Hall–Kier alpha value is -2.34. The average molecular weight is 471 g/mol. The minimum absolute atomic E-state index is 0.378. The Morgan fingerprint density at radius 2 is 1.62 bits per heavy atom. The van der Waals surface area contributed by atoms with Gasteiger partial charge in [-0.05, 0) is 85.9 Å². The van der Waals surface area contributed by atoms with E-state index in [-0.39, 0.29) is 0 Å². The minimum Gasteiger partial charge on any atom is -0.383 e. The number of hydrogen-bond acceptors (Lipinski definition) is 6. The van der Waals surface area contributed by atoms with Crippen LogP contribution in [0.4, 0.5) is 11.6 Å². The molecule has 0 spiro atoms. The molecule has 0 saturated heterocycles. The number of aromatic nitrogens is 2. The number of allylic oxidation sites excluding steroid dienone is 5. The van der Waals surface area contributed by atoms with Gasteiger partial charge in [0.25, 0.3) is 0 Å². The lowest BCUT2D eigenvalue weighted by molar-refractivity contribution is 0.316. The topological polar surface area (TPSA) is 93.1 Å². The van der Waals surface area contributed by atoms with Crippen molar-refractivity contribution in [3.63, 3.8) is 0 Å². The molecule has 0 aromatic carbocycles. The normalized spacial score (nSPS) is 12.7. The highest BCUT2D eigenvalue weighted by atomic mass is 15.1. The number of nitrogens with two attached hydrogens (primary N) is 2. The van der Waals surface area contributed by atoms with E-state index in [0.29, 0.717) is 23.0 Å². The summed E-state index contributed by atoms with van der Waals surface area (Å²) in [6.45, 7) is 13.2. The Morgan fingerprint density at radius 1 is 0.941 bits per heavy atom. The van der Waals surface area contributed by atoms with Crippen molar-refractivity contribution in [1.82, 2.24) is 20.2 Å². The lowest BCUT2D eigenvalue weighted by Crippen LogP contribution is -2.23. The number of rotatable bonds is 14. The summed E-state index contributed by atoms with van der Waals surface area (Å²) in [7, 11) is 2.24. The van der Waals surface area contributed by atoms with Crippen LogP contribution in [0.1, 0.15) is 96.9 Å². The number of nitrogens with zero attached hydrogens (tertiary/aromatic N) is 3. The average Bonchev–Trinajstić information content (AvgIpc) is 2.83. The molecule has 0 radical (unpaired) electrons. The summed E-state index contributed by atoms with van der Waals surface area (Å²) in [6, 6.07) is 0. The number of aryl methyl sites for hydroxylation is 1. The maximum atomic E-state index is 6.07. The molecule has 0 aliphatic heterocycles. The molecule has 0 unspecified atom stereocenters. The van der Waals surface area contributed by atoms with Crippen LogP contribution < -0.4 is 16.8 Å². The lowest BCUT2D eigenvalue weighted by atomic mass is 10.0. The molecule has 5 N–H and O–H groups in total. The molecule has 34 heavy (non-hydrogen) atoms. The summed E-state index contributed by atoms with van der Waals surface area (Å²) in [4.78, 5) is 11.2. The summed E-state index contributed by atoms with van der Waals surface area (Å²) in [5.74, 6) is 0.768. The van der Waals surface area contributed by atoms with Gasteiger partial charge in [-0.15, -0.1) is 0 Å². The van der Waals surface area contributed by atoms with Crippen molar-refractivity contribution >= 4 is 17.3 Å². The van der Waals surface area contributed by atoms with Gasteiger partial charge in [0.05, 0.1) is 11.4 Å². The second-order valence-electron chi connectivity index (χ2n) is 9.16. The molecule has 1 aromatic heterocycles. The van der Waals surface area contributed by atoms with Gasteiger partial charge in [-0.1, -0.05) is 56.1 Å². The van der Waals surface area contributed by atoms with Crippen LogP contribution in [-0.4, -0.2) is 41.5 Å². The number of unbranched alkanes of at least 4 members (excludes halogenated alkanes) is 4. The highest BCUT2D eigenvalue weighted by Crippen LogP contribution is 2.21. The quantitative estimate of drug-likeness (QED) is 0.278. The Bertz CT molecular complexity index is 805. The van der Waals surface area contributed by atoms with Crippen LogP contribution >= 0.6 is 0 Å². The van der Waals surface area contributed by atoms with E-state index in [0.717, 1.165) is 30.8 Å². The smallest absolute Gasteiger partial charge is 0.154 e. The van der Waals surface area contributed by atoms with Gasteiger partial charge in [0.15, 0.2) is 5.82 Å². The first-order valence-electron chi connectivity index (χ1n) is 13.2. The second kappa shape index (κ2) is 17.1. The van der Waals surface area contributed by atoms with Crippen molar-refractivity contribution < 1.29 is 0 Å². The van der Waals surface area contributed by atoms with E-state index < -0.39 is 0 Å². The van der Waals surface area contributed by atoms with Gasteiger partial charge in [-0.3, -0.25) is 0 Å². The van der Waals surface area contributed by atoms with Crippen LogP contribution in [-0.2, 0) is 0 Å². The Morgan fingerprint density at radius 3 is 2.26 bits per heavy atom. The number of nitrogens with one attached hydrogen (secondary N) is 1. The number of hydrogen-bond donors (Lipinski definition) is 3. The van der Waals surface area contributed by atoms with Crippen LogP contribution in [0.25, 0.3) is 5.70 Å². The molecule has 0 atom stereocenters. The minimum atomic E-state index is 0.378. The van der Waals surface area contributed by atoms with Gasteiger partial charge in [-0.2, -0.15) is 0 Å². The molecular formula is C28H50N6. The number of anilines is 2. The Labute approximate surface area is 209 Å². The molecule has 1 aliphatic carbocycles. The van der Waals surface area contributed by atoms with Gasteiger partial charge in [-0.25, -0.2) is 9.97 Å². The molecule has 0 saturated carbocycles. The van der Waals surface area contributed by atoms with Crippen LogP contribution in [0.5, 0.6) is 0 Å². The van der Waals surface area contributed by atoms with Crippen molar-refractivity contribution in [2.24, 2.45) is 0 Å². The van der Waals surface area contributed by atoms with E-state index in [1.807, 2.05) is 20.8 Å². The maximum absolute atomic E-state index is 6.07. The highest BCUT2D eigenvalue weighted by molar-refractivity contribution is 5.71. The standard InChI is InChI=1S/C26H44N6.C2H6/c1-20(2)23(24-26(28)31-25(27)21(3)30-24)29-17-11-13-19-32(4)18-12-6-5-8-14-22-15-9-7-10-16-22;1-2/h9,15-16,29H,5-8,10-14,17-19H2,1-4H3,(H4,27,28,31);1-2H3. The summed E-state index contributed by atoms with van der Waals surface area (Å²) < 4.78 is 0. The molecule has 192 valence electrons. The van der Waals surface area contributed by atoms with Crippen LogP contribution in [0.15, 0.2) is 29.4 Å². The first-order chi connectivity index (χ1) is 16.4. The predicted octanol–water partition coefficient (Wildman–Crippen LogP) is 6.26. The highest BCUT2D eigenvalue weighted by Gasteiger charge is 2.13. The maximum Gasteiger partial charge on any atom is 0.154 e. The molecule has 1 aliphatic rings. The van der Waals surface area contributed by atoms with Gasteiger partial charge in [0, 0.05) is 6.54 Å². The summed E-state index contributed by atoms with van der Waals surface area (Å²) >= 11 is 0. The third-order valence-electron chi connectivity index (χ3n) is 5.97. The fraction of sp³-hybridized carbons (Fsp3) is 0.643. The fourth-order valence-corrected chi connectivity index (χ4v) is 3.98. The molecule has 6 nitrogen and oxygen atoms in total. The van der Waals surface area contributed by atoms with E-state index in [4.69, 9.17) is 11.5 Å². The van der Waals surface area contributed by atoms with Gasteiger partial charge >= 0.3 is 0 Å². The van der Waals surface area contributed by atoms with Gasteiger partial charge in [0.2, 0.25) is 0 Å². The second-order valence-corrected chi connectivity index (χ2v) is 9.16. The largest absolute Gasteiger partial charge is 0.383 e. The van der Waals surface area contributed by atoms with Gasteiger partial charge < -0.3 is 21.7 Å². The van der Waals surface area contributed by atoms with E-state index in [1.54, 1.807) is 5.57 Å². The molecule has 6 heteroatoms. The zero-order valence-electron chi connectivity index (χ0n) is 22.7. The molecule has 2 rings (SSSR count). The summed E-state index contributed by atoms with van der Waals surface area (Å²) in [5, 5.41) is 3.52. The third-order valence-corrected chi connectivity index (χ3v) is 5.97. The van der Waals surface area contributed by atoms with Crippen molar-refractivity contribution in [1.29, 1.82) is 0 Å². The SMILES string of the molecule is CC.CC(C)=C(NCCCCN(C)CCCCCCC1=CCCC=C1)c1nc(C)c(N)nc1N. The first kappa shape index (κ1) is 29.7. The molecule has 1 aromatic rings. The van der Waals surface area contributed by atoms with Crippen molar-refractivity contribution in [2.45, 2.75) is 92.4 Å². The third kappa shape index (κ3) is 11.2. The monoisotopic (exact) mass is 470 g/mol. The van der Waals surface area contributed by atoms with Crippen LogP contribution in [0.2, 0.25) is 0 Å².